The third-order valence-electron chi connectivity index (χ3n) is 5.51. The highest BCUT2D eigenvalue weighted by Gasteiger charge is 2.66. The Morgan fingerprint density at radius 1 is 1.18 bits per heavy atom. The zero-order valence-electron chi connectivity index (χ0n) is 13.4. The first kappa shape index (κ1) is 14.7. The number of sulfone groups is 1. The second-order valence-corrected chi connectivity index (χ2v) is 9.67. The predicted molar refractivity (Wildman–Crippen MR) is 82.4 cm³/mol. The van der Waals surface area contributed by atoms with E-state index in [9.17, 15) is 8.42 Å². The molecule has 120 valence electrons. The molecule has 3 aliphatic rings. The molecule has 4 rings (SSSR count). The van der Waals surface area contributed by atoms with Crippen LogP contribution in [0.1, 0.15) is 45.6 Å². The van der Waals surface area contributed by atoms with Crippen LogP contribution in [0.5, 0.6) is 0 Å². The largest absolute Gasteiger partial charge is 0.344 e. The van der Waals surface area contributed by atoms with Crippen molar-refractivity contribution in [2.75, 3.05) is 0 Å². The van der Waals surface area contributed by atoms with Gasteiger partial charge < -0.3 is 9.47 Å². The van der Waals surface area contributed by atoms with Crippen LogP contribution in [0, 0.1) is 5.92 Å². The number of ether oxygens (including phenoxy) is 2. The van der Waals surface area contributed by atoms with E-state index in [4.69, 9.17) is 9.47 Å². The van der Waals surface area contributed by atoms with Gasteiger partial charge in [-0.25, -0.2) is 8.42 Å². The maximum Gasteiger partial charge on any atom is 0.182 e. The average Bonchev–Trinajstić information content (AvgIpc) is 2.80. The van der Waals surface area contributed by atoms with Crippen LogP contribution in [-0.4, -0.2) is 31.2 Å². The predicted octanol–water partition coefficient (Wildman–Crippen LogP) is 2.88. The summed E-state index contributed by atoms with van der Waals surface area (Å²) in [5, 5.41) is -0.404. The summed E-state index contributed by atoms with van der Waals surface area (Å²) in [5.41, 5.74) is 0.291. The molecule has 2 heterocycles. The molecule has 4 nitrogen and oxygen atoms in total. The van der Waals surface area contributed by atoms with Crippen molar-refractivity contribution in [2.45, 2.75) is 67.7 Å². The van der Waals surface area contributed by atoms with E-state index in [0.29, 0.717) is 11.3 Å². The van der Waals surface area contributed by atoms with Gasteiger partial charge in [0.05, 0.1) is 16.2 Å². The van der Waals surface area contributed by atoms with Gasteiger partial charge in [0.15, 0.2) is 15.6 Å². The van der Waals surface area contributed by atoms with Crippen LogP contribution in [0.4, 0.5) is 0 Å². The Balaban J connectivity index is 1.94. The van der Waals surface area contributed by atoms with E-state index in [1.54, 1.807) is 12.1 Å². The molecule has 0 bridgehead atoms. The van der Waals surface area contributed by atoms with E-state index in [1.807, 2.05) is 32.9 Å². The Kier molecular flexibility index (Phi) is 2.76. The molecule has 0 N–H and O–H groups in total. The minimum atomic E-state index is -3.29. The zero-order chi connectivity index (χ0) is 15.9. The zero-order valence-corrected chi connectivity index (χ0v) is 14.2. The molecule has 5 atom stereocenters. The van der Waals surface area contributed by atoms with Crippen LogP contribution in [0.2, 0.25) is 0 Å². The molecule has 0 aromatic heterocycles. The lowest BCUT2D eigenvalue weighted by molar-refractivity contribution is -0.163. The van der Waals surface area contributed by atoms with Gasteiger partial charge in [0.25, 0.3) is 0 Å². The Bertz CT molecular complexity index is 739. The van der Waals surface area contributed by atoms with E-state index in [-0.39, 0.29) is 17.9 Å². The number of fused-ring (bicyclic) bond motifs is 5. The summed E-state index contributed by atoms with van der Waals surface area (Å²) < 4.78 is 38.3. The van der Waals surface area contributed by atoms with Gasteiger partial charge in [0.1, 0.15) is 5.60 Å². The molecule has 1 saturated carbocycles. The molecular weight excluding hydrogens is 300 g/mol. The highest BCUT2D eigenvalue weighted by molar-refractivity contribution is 7.92. The van der Waals surface area contributed by atoms with Crippen LogP contribution < -0.4 is 0 Å². The molecule has 0 spiro atoms. The summed E-state index contributed by atoms with van der Waals surface area (Å²) >= 11 is 0. The monoisotopic (exact) mass is 322 g/mol. The molecule has 1 aromatic carbocycles. The maximum atomic E-state index is 13.0. The summed E-state index contributed by atoms with van der Waals surface area (Å²) in [7, 11) is -3.29. The number of benzene rings is 1. The molecule has 0 radical (unpaired) electrons. The van der Waals surface area contributed by atoms with Gasteiger partial charge in [0, 0.05) is 5.92 Å². The molecule has 1 aliphatic carbocycles. The lowest BCUT2D eigenvalue weighted by Crippen LogP contribution is -2.54. The molecule has 2 fully saturated rings. The Morgan fingerprint density at radius 3 is 2.59 bits per heavy atom. The van der Waals surface area contributed by atoms with Gasteiger partial charge in [0.2, 0.25) is 0 Å². The Morgan fingerprint density at radius 2 is 1.86 bits per heavy atom. The van der Waals surface area contributed by atoms with Crippen molar-refractivity contribution in [3.63, 3.8) is 0 Å². The van der Waals surface area contributed by atoms with Crippen molar-refractivity contribution < 1.29 is 17.9 Å². The first-order chi connectivity index (χ1) is 10.2. The molecule has 1 saturated heterocycles. The van der Waals surface area contributed by atoms with E-state index >= 15 is 0 Å². The molecule has 2 aliphatic heterocycles. The van der Waals surface area contributed by atoms with E-state index in [1.165, 1.54) is 0 Å². The second kappa shape index (κ2) is 4.13. The van der Waals surface area contributed by atoms with Crippen LogP contribution in [0.15, 0.2) is 29.2 Å². The summed E-state index contributed by atoms with van der Waals surface area (Å²) in [6.45, 7) is 7.92. The molecule has 1 aromatic rings. The molecule has 5 heteroatoms. The lowest BCUT2D eigenvalue weighted by Gasteiger charge is -2.45. The van der Waals surface area contributed by atoms with Crippen LogP contribution in [-0.2, 0) is 19.3 Å². The number of hydrogen-bond donors (Lipinski definition) is 0. The highest BCUT2D eigenvalue weighted by Crippen LogP contribution is 2.59. The van der Waals surface area contributed by atoms with Crippen molar-refractivity contribution in [3.8, 4) is 0 Å². The third-order valence-corrected chi connectivity index (χ3v) is 7.76. The van der Waals surface area contributed by atoms with Crippen molar-refractivity contribution in [2.24, 2.45) is 5.92 Å². The van der Waals surface area contributed by atoms with Gasteiger partial charge in [-0.1, -0.05) is 25.1 Å². The minimum Gasteiger partial charge on any atom is -0.344 e. The fraction of sp³-hybridized carbons (Fsp3) is 0.647. The standard InChI is InChI=1S/C17H22O4S/c1-10-9-13-14(17(4)15(10)20-16(2,3)21-17)11-7-5-6-8-12(11)22(13,18)19/h5-8,10,13-15H,9H2,1-4H3/t10-,13-,14-,15-,17+/m0/s1. The van der Waals surface area contributed by atoms with Gasteiger partial charge >= 0.3 is 0 Å². The van der Waals surface area contributed by atoms with Crippen molar-refractivity contribution in [3.05, 3.63) is 29.8 Å². The minimum absolute atomic E-state index is 0.0786. The lowest BCUT2D eigenvalue weighted by atomic mass is 9.67. The quantitative estimate of drug-likeness (QED) is 0.737. The van der Waals surface area contributed by atoms with Gasteiger partial charge in [-0.3, -0.25) is 0 Å². The van der Waals surface area contributed by atoms with Crippen molar-refractivity contribution in [1.82, 2.24) is 0 Å². The van der Waals surface area contributed by atoms with Crippen molar-refractivity contribution in [1.29, 1.82) is 0 Å². The molecule has 0 amide bonds. The fourth-order valence-electron chi connectivity index (χ4n) is 4.93. The van der Waals surface area contributed by atoms with Crippen molar-refractivity contribution >= 4 is 9.84 Å². The summed E-state index contributed by atoms with van der Waals surface area (Å²) in [6, 6.07) is 7.37. The third kappa shape index (κ3) is 1.67. The summed E-state index contributed by atoms with van der Waals surface area (Å²) in [6.07, 6.45) is 0.548. The topological polar surface area (TPSA) is 52.6 Å². The Hall–Kier alpha value is -0.910. The van der Waals surface area contributed by atoms with E-state index in [2.05, 4.69) is 6.92 Å². The Labute approximate surface area is 131 Å². The normalized spacial score (nSPS) is 44.2. The first-order valence-electron chi connectivity index (χ1n) is 7.88. The van der Waals surface area contributed by atoms with E-state index in [0.717, 1.165) is 5.56 Å². The van der Waals surface area contributed by atoms with E-state index < -0.39 is 26.5 Å². The second-order valence-electron chi connectivity index (χ2n) is 7.54. The number of hydrogen-bond acceptors (Lipinski definition) is 4. The average molecular weight is 322 g/mol. The SMILES string of the molecule is C[C@H]1C[C@H]2[C@H](c3ccccc3S2(=O)=O)[C@@]2(C)OC(C)(C)O[C@@H]12. The first-order valence-corrected chi connectivity index (χ1v) is 9.42. The fourth-order valence-corrected chi connectivity index (χ4v) is 7.38. The molecule has 0 unspecified atom stereocenters. The summed E-state index contributed by atoms with van der Waals surface area (Å²) in [4.78, 5) is 0.479. The van der Waals surface area contributed by atoms with Gasteiger partial charge in [-0.15, -0.1) is 0 Å². The molecule has 22 heavy (non-hydrogen) atoms. The smallest absolute Gasteiger partial charge is 0.182 e. The maximum absolute atomic E-state index is 13.0. The van der Waals surface area contributed by atoms with Crippen LogP contribution in [0.3, 0.4) is 0 Å². The van der Waals surface area contributed by atoms with Gasteiger partial charge in [-0.05, 0) is 44.7 Å². The molecular formula is C17H22O4S. The number of rotatable bonds is 0. The summed E-state index contributed by atoms with van der Waals surface area (Å²) in [5.74, 6) is -0.682. The van der Waals surface area contributed by atoms with Crippen LogP contribution >= 0.6 is 0 Å². The highest BCUT2D eigenvalue weighted by atomic mass is 32.2. The van der Waals surface area contributed by atoms with Crippen LogP contribution in [0.25, 0.3) is 0 Å². The van der Waals surface area contributed by atoms with Gasteiger partial charge in [-0.2, -0.15) is 0 Å².